The van der Waals surface area contributed by atoms with Crippen LogP contribution in [0.1, 0.15) is 76.4 Å². The van der Waals surface area contributed by atoms with E-state index >= 15 is 0 Å². The van der Waals surface area contributed by atoms with Gasteiger partial charge < -0.3 is 0 Å². The van der Waals surface area contributed by atoms with Crippen molar-refractivity contribution in [1.82, 2.24) is 18.3 Å². The summed E-state index contributed by atoms with van der Waals surface area (Å²) in [6, 6.07) is 7.51. The topological polar surface area (TPSA) is 95.8 Å². The Morgan fingerprint density at radius 1 is 0.520 bits per heavy atom. The van der Waals surface area contributed by atoms with Crippen molar-refractivity contribution in [3.8, 4) is 0 Å². The fourth-order valence-electron chi connectivity index (χ4n) is 7.93. The Morgan fingerprint density at radius 3 is 1.36 bits per heavy atom. The average Bonchev–Trinajstić information content (AvgIpc) is 3.62. The molecule has 4 aromatic heterocycles. The summed E-state index contributed by atoms with van der Waals surface area (Å²) in [5.41, 5.74) is 8.31. The Labute approximate surface area is 292 Å². The molecule has 6 rings (SSSR count). The summed E-state index contributed by atoms with van der Waals surface area (Å²) in [4.78, 5) is 53.8. The Morgan fingerprint density at radius 2 is 0.920 bits per heavy atom. The SMILES string of the molecule is CCc1cc(C)c(C[n+]2c(C)c(C)n(CCCn3c(=O)c4cc5c(=O)n(CCCn6c(C)c(C)[n+](C)c6C)c(=O)c5cc4c3=O)c2C)cc1C. The largest absolute Gasteiger partial charge is 0.274 e. The zero-order valence-corrected chi connectivity index (χ0v) is 31.3. The van der Waals surface area contributed by atoms with Crippen LogP contribution in [0.2, 0.25) is 0 Å². The van der Waals surface area contributed by atoms with Crippen LogP contribution in [0.4, 0.5) is 0 Å². The van der Waals surface area contributed by atoms with Crippen molar-refractivity contribution >= 4 is 21.5 Å². The van der Waals surface area contributed by atoms with Crippen LogP contribution in [0.5, 0.6) is 0 Å². The lowest BCUT2D eigenvalue weighted by molar-refractivity contribution is -0.699. The summed E-state index contributed by atoms with van der Waals surface area (Å²) in [5.74, 6) is 2.23. The summed E-state index contributed by atoms with van der Waals surface area (Å²) in [6.07, 6.45) is 2.19. The second kappa shape index (κ2) is 13.1. The minimum absolute atomic E-state index is 0.195. The first-order valence-corrected chi connectivity index (χ1v) is 17.8. The van der Waals surface area contributed by atoms with Crippen molar-refractivity contribution in [2.45, 2.75) is 114 Å². The molecule has 0 unspecified atom stereocenters. The molecule has 0 N–H and O–H groups in total. The van der Waals surface area contributed by atoms with E-state index in [0.717, 1.165) is 36.0 Å². The quantitative estimate of drug-likeness (QED) is 0.195. The van der Waals surface area contributed by atoms with E-state index in [1.54, 1.807) is 0 Å². The van der Waals surface area contributed by atoms with E-state index in [2.05, 4.69) is 92.7 Å². The lowest BCUT2D eigenvalue weighted by atomic mass is 9.98. The number of hydrogen-bond donors (Lipinski definition) is 0. The molecule has 6 aromatic rings. The Balaban J connectivity index is 1.21. The summed E-state index contributed by atoms with van der Waals surface area (Å²) in [5, 5.41) is 0.779. The van der Waals surface area contributed by atoms with Crippen LogP contribution in [0, 0.1) is 55.4 Å². The van der Waals surface area contributed by atoms with Gasteiger partial charge in [0.2, 0.25) is 0 Å². The minimum Gasteiger partial charge on any atom is -0.274 e. The number of imidazole rings is 2. The van der Waals surface area contributed by atoms with Crippen molar-refractivity contribution in [2.24, 2.45) is 7.05 Å². The van der Waals surface area contributed by atoms with Crippen molar-refractivity contribution in [1.29, 1.82) is 0 Å². The highest BCUT2D eigenvalue weighted by Gasteiger charge is 2.25. The predicted octanol–water partition coefficient (Wildman–Crippen LogP) is 3.89. The van der Waals surface area contributed by atoms with Gasteiger partial charge in [-0.2, -0.15) is 0 Å². The van der Waals surface area contributed by atoms with Gasteiger partial charge in [0.15, 0.2) is 0 Å². The number of fused-ring (bicyclic) bond motifs is 2. The van der Waals surface area contributed by atoms with Crippen molar-refractivity contribution in [3.63, 3.8) is 0 Å². The monoisotopic (exact) mass is 678 g/mol. The number of nitrogens with zero attached hydrogens (tertiary/aromatic N) is 6. The van der Waals surface area contributed by atoms with Gasteiger partial charge in [0, 0.05) is 67.5 Å². The molecule has 0 fully saturated rings. The highest BCUT2D eigenvalue weighted by atomic mass is 16.2. The van der Waals surface area contributed by atoms with Crippen LogP contribution < -0.4 is 31.4 Å². The standard InChI is InChI=1S/C40H50N6O4/c1-11-31-18-24(3)32(19-23(31)2)22-46-28(7)27(6)43(30(46)9)15-13-17-45-39(49)35-20-33-34(21-36(35)40(45)50)38(48)44(37(33)47)16-12-14-42-26(5)25(4)41(10)29(42)8/h18-21H,11-17,22H2,1-10H3/q+2. The zero-order valence-electron chi connectivity index (χ0n) is 31.3. The fraction of sp³-hybridized carbons (Fsp3) is 0.450. The first kappa shape index (κ1) is 35.0. The molecule has 0 spiro atoms. The van der Waals surface area contributed by atoms with E-state index in [-0.39, 0.29) is 34.6 Å². The first-order chi connectivity index (χ1) is 23.7. The molecule has 10 nitrogen and oxygen atoms in total. The van der Waals surface area contributed by atoms with E-state index in [0.29, 0.717) is 25.9 Å². The van der Waals surface area contributed by atoms with Crippen molar-refractivity contribution in [3.05, 3.63) is 122 Å². The van der Waals surface area contributed by atoms with Crippen LogP contribution in [0.15, 0.2) is 43.4 Å². The molecular formula is C40H50N6O4+2. The molecule has 2 aromatic carbocycles. The lowest BCUT2D eigenvalue weighted by Crippen LogP contribution is -2.39. The molecule has 0 aliphatic carbocycles. The minimum atomic E-state index is -0.415. The fourth-order valence-corrected chi connectivity index (χ4v) is 7.93. The summed E-state index contributed by atoms with van der Waals surface area (Å²) in [6.45, 7) is 21.7. The molecule has 0 aliphatic heterocycles. The van der Waals surface area contributed by atoms with Gasteiger partial charge in [-0.3, -0.25) is 28.3 Å². The third-order valence-corrected chi connectivity index (χ3v) is 11.5. The molecule has 0 radical (unpaired) electrons. The van der Waals surface area contributed by atoms with E-state index in [1.165, 1.54) is 54.9 Å². The van der Waals surface area contributed by atoms with E-state index in [1.807, 2.05) is 7.05 Å². The van der Waals surface area contributed by atoms with Crippen LogP contribution in [-0.2, 0) is 46.2 Å². The number of aryl methyl sites for hydroxylation is 3. The van der Waals surface area contributed by atoms with Gasteiger partial charge in [-0.25, -0.2) is 18.3 Å². The van der Waals surface area contributed by atoms with Crippen LogP contribution in [-0.4, -0.2) is 18.3 Å². The number of rotatable bonds is 11. The lowest BCUT2D eigenvalue weighted by Gasteiger charge is -2.11. The number of aromatic nitrogens is 6. The van der Waals surface area contributed by atoms with E-state index in [9.17, 15) is 19.2 Å². The van der Waals surface area contributed by atoms with E-state index in [4.69, 9.17) is 0 Å². The molecule has 4 heterocycles. The van der Waals surface area contributed by atoms with Gasteiger partial charge in [-0.1, -0.05) is 19.1 Å². The maximum atomic E-state index is 13.5. The smallest absolute Gasteiger partial charge is 0.261 e. The Kier molecular flexibility index (Phi) is 9.18. The maximum Gasteiger partial charge on any atom is 0.261 e. The van der Waals surface area contributed by atoms with Crippen LogP contribution >= 0.6 is 0 Å². The summed E-state index contributed by atoms with van der Waals surface area (Å²) in [7, 11) is 2.02. The third-order valence-electron chi connectivity index (χ3n) is 11.5. The second-order valence-electron chi connectivity index (χ2n) is 14.1. The molecule has 0 aliphatic rings. The molecule has 0 bridgehead atoms. The summed E-state index contributed by atoms with van der Waals surface area (Å²) >= 11 is 0. The molecule has 0 saturated carbocycles. The van der Waals surface area contributed by atoms with Gasteiger partial charge in [0.1, 0.15) is 29.3 Å². The number of benzene rings is 2. The normalized spacial score (nSPS) is 12.0. The molecule has 50 heavy (non-hydrogen) atoms. The van der Waals surface area contributed by atoms with Gasteiger partial charge in [-0.15, -0.1) is 0 Å². The highest BCUT2D eigenvalue weighted by Crippen LogP contribution is 2.19. The summed E-state index contributed by atoms with van der Waals surface area (Å²) < 4.78 is 11.4. The van der Waals surface area contributed by atoms with Gasteiger partial charge >= 0.3 is 0 Å². The van der Waals surface area contributed by atoms with Crippen molar-refractivity contribution < 1.29 is 9.13 Å². The first-order valence-electron chi connectivity index (χ1n) is 17.8. The van der Waals surface area contributed by atoms with Gasteiger partial charge in [0.25, 0.3) is 33.9 Å². The van der Waals surface area contributed by atoms with E-state index < -0.39 is 22.2 Å². The predicted molar refractivity (Wildman–Crippen MR) is 197 cm³/mol. The Hall–Kier alpha value is -4.86. The Bertz CT molecular complexity index is 2430. The van der Waals surface area contributed by atoms with Crippen molar-refractivity contribution in [2.75, 3.05) is 0 Å². The average molecular weight is 679 g/mol. The molecular weight excluding hydrogens is 628 g/mol. The molecule has 0 amide bonds. The maximum absolute atomic E-state index is 13.5. The van der Waals surface area contributed by atoms with Gasteiger partial charge in [-0.05, 0) is 54.7 Å². The van der Waals surface area contributed by atoms with Gasteiger partial charge in [0.05, 0.1) is 41.7 Å². The third kappa shape index (κ3) is 5.58. The zero-order chi connectivity index (χ0) is 36.3. The molecule has 262 valence electrons. The highest BCUT2D eigenvalue weighted by molar-refractivity contribution is 5.97. The van der Waals surface area contributed by atoms with Crippen LogP contribution in [0.3, 0.4) is 0 Å². The molecule has 0 atom stereocenters. The number of hydrogen-bond acceptors (Lipinski definition) is 4. The molecule has 0 saturated heterocycles. The molecule has 10 heteroatoms. The van der Waals surface area contributed by atoms with Crippen LogP contribution in [0.25, 0.3) is 21.5 Å². The second-order valence-corrected chi connectivity index (χ2v) is 14.1.